The highest BCUT2D eigenvalue weighted by molar-refractivity contribution is 5.35. The normalized spacial score (nSPS) is 11.4. The minimum atomic E-state index is -4.43. The van der Waals surface area contributed by atoms with Crippen LogP contribution in [0.4, 0.5) is 13.2 Å². The molecule has 2 aromatic rings. The third-order valence-electron chi connectivity index (χ3n) is 2.79. The fraction of sp³-hybridized carbons (Fsp3) is 0.267. The lowest BCUT2D eigenvalue weighted by atomic mass is 10.2. The fourth-order valence-electron chi connectivity index (χ4n) is 1.87. The predicted octanol–water partition coefficient (Wildman–Crippen LogP) is 3.40. The Morgan fingerprint density at radius 2 is 1.76 bits per heavy atom. The second-order valence-corrected chi connectivity index (χ2v) is 4.43. The number of rotatable bonds is 5. The van der Waals surface area contributed by atoms with Crippen molar-refractivity contribution in [1.82, 2.24) is 10.3 Å². The van der Waals surface area contributed by atoms with Crippen LogP contribution in [-0.2, 0) is 19.3 Å². The summed E-state index contributed by atoms with van der Waals surface area (Å²) in [6.07, 6.45) is -4.43. The molecule has 0 saturated heterocycles. The molecule has 2 rings (SSSR count). The molecule has 0 saturated carbocycles. The minimum Gasteiger partial charge on any atom is -0.487 e. The van der Waals surface area contributed by atoms with Crippen LogP contribution in [0.1, 0.15) is 17.0 Å². The molecular weight excluding hydrogens is 281 g/mol. The van der Waals surface area contributed by atoms with E-state index in [1.807, 2.05) is 6.07 Å². The molecular formula is C15H15F3N2O. The highest BCUT2D eigenvalue weighted by Gasteiger charge is 2.33. The van der Waals surface area contributed by atoms with Crippen molar-refractivity contribution in [2.75, 3.05) is 7.05 Å². The lowest BCUT2D eigenvalue weighted by molar-refractivity contribution is -0.139. The van der Waals surface area contributed by atoms with Crippen LogP contribution < -0.4 is 10.1 Å². The summed E-state index contributed by atoms with van der Waals surface area (Å²) >= 11 is 0. The number of pyridine rings is 1. The number of halogens is 3. The van der Waals surface area contributed by atoms with E-state index in [2.05, 4.69) is 10.3 Å². The largest absolute Gasteiger partial charge is 0.487 e. The Labute approximate surface area is 120 Å². The van der Waals surface area contributed by atoms with E-state index in [0.29, 0.717) is 12.2 Å². The number of aromatic nitrogens is 1. The van der Waals surface area contributed by atoms with Gasteiger partial charge in [0.15, 0.2) is 0 Å². The van der Waals surface area contributed by atoms with Crippen molar-refractivity contribution in [3.05, 3.63) is 59.4 Å². The molecule has 1 N–H and O–H groups in total. The molecule has 21 heavy (non-hydrogen) atoms. The van der Waals surface area contributed by atoms with Gasteiger partial charge in [0.05, 0.1) is 17.0 Å². The molecule has 1 aromatic carbocycles. The Morgan fingerprint density at radius 1 is 1.05 bits per heavy atom. The second kappa shape index (κ2) is 6.58. The molecule has 112 valence electrons. The number of nitrogens with one attached hydrogen (secondary N) is 1. The summed E-state index contributed by atoms with van der Waals surface area (Å²) in [4.78, 5) is 4.30. The van der Waals surface area contributed by atoms with Crippen molar-refractivity contribution in [2.24, 2.45) is 0 Å². The van der Waals surface area contributed by atoms with Gasteiger partial charge in [-0.3, -0.25) is 4.98 Å². The molecule has 0 aliphatic rings. The van der Waals surface area contributed by atoms with Crippen LogP contribution in [0, 0.1) is 0 Å². The lowest BCUT2D eigenvalue weighted by Gasteiger charge is -2.13. The van der Waals surface area contributed by atoms with E-state index in [0.717, 1.165) is 11.8 Å². The maximum Gasteiger partial charge on any atom is 0.419 e. The average molecular weight is 296 g/mol. The summed E-state index contributed by atoms with van der Waals surface area (Å²) in [5.41, 5.74) is 0.610. The van der Waals surface area contributed by atoms with Gasteiger partial charge in [0.25, 0.3) is 0 Å². The smallest absolute Gasteiger partial charge is 0.419 e. The van der Waals surface area contributed by atoms with Gasteiger partial charge in [-0.15, -0.1) is 0 Å². The Kier molecular flexibility index (Phi) is 4.80. The zero-order chi connectivity index (χ0) is 15.3. The third kappa shape index (κ3) is 4.19. The average Bonchev–Trinajstić information content (AvgIpc) is 2.45. The van der Waals surface area contributed by atoms with Gasteiger partial charge in [0.2, 0.25) is 0 Å². The van der Waals surface area contributed by atoms with Gasteiger partial charge in [-0.05, 0) is 31.3 Å². The monoisotopic (exact) mass is 296 g/mol. The van der Waals surface area contributed by atoms with Crippen molar-refractivity contribution < 1.29 is 17.9 Å². The first-order chi connectivity index (χ1) is 10.0. The number of nitrogens with zero attached hydrogens (tertiary/aromatic N) is 1. The molecule has 0 unspecified atom stereocenters. The molecule has 0 bridgehead atoms. The third-order valence-corrected chi connectivity index (χ3v) is 2.79. The molecule has 0 radical (unpaired) electrons. The lowest BCUT2D eigenvalue weighted by Crippen LogP contribution is -2.10. The van der Waals surface area contributed by atoms with Crippen molar-refractivity contribution in [3.8, 4) is 5.75 Å². The highest BCUT2D eigenvalue weighted by atomic mass is 19.4. The molecule has 0 spiro atoms. The van der Waals surface area contributed by atoms with Crippen LogP contribution in [0.15, 0.2) is 42.5 Å². The maximum atomic E-state index is 12.8. The predicted molar refractivity (Wildman–Crippen MR) is 72.8 cm³/mol. The number of benzene rings is 1. The van der Waals surface area contributed by atoms with Crippen molar-refractivity contribution >= 4 is 0 Å². The number of hydrogen-bond acceptors (Lipinski definition) is 3. The number of ether oxygens (including phenoxy) is 1. The first-order valence-electron chi connectivity index (χ1n) is 6.39. The summed E-state index contributed by atoms with van der Waals surface area (Å²) < 4.78 is 43.8. The Hall–Kier alpha value is -2.08. The molecule has 0 aliphatic carbocycles. The highest BCUT2D eigenvalue weighted by Crippen LogP contribution is 2.36. The molecule has 6 heteroatoms. The molecule has 0 fully saturated rings. The van der Waals surface area contributed by atoms with Crippen molar-refractivity contribution in [1.29, 1.82) is 0 Å². The Morgan fingerprint density at radius 3 is 2.48 bits per heavy atom. The summed E-state index contributed by atoms with van der Waals surface area (Å²) in [5, 5.41) is 2.96. The van der Waals surface area contributed by atoms with E-state index >= 15 is 0 Å². The van der Waals surface area contributed by atoms with Crippen LogP contribution in [0.5, 0.6) is 5.75 Å². The van der Waals surface area contributed by atoms with Gasteiger partial charge >= 0.3 is 6.18 Å². The molecule has 0 aliphatic heterocycles. The number of alkyl halides is 3. The molecule has 0 atom stereocenters. The van der Waals surface area contributed by atoms with Crippen LogP contribution in [-0.4, -0.2) is 12.0 Å². The summed E-state index contributed by atoms with van der Waals surface area (Å²) in [7, 11) is 1.80. The zero-order valence-electron chi connectivity index (χ0n) is 11.4. The maximum absolute atomic E-state index is 12.8. The molecule has 1 aromatic heterocycles. The Bertz CT molecular complexity index is 599. The van der Waals surface area contributed by atoms with Gasteiger partial charge in [-0.25, -0.2) is 0 Å². The van der Waals surface area contributed by atoms with Gasteiger partial charge < -0.3 is 10.1 Å². The summed E-state index contributed by atoms with van der Waals surface area (Å²) in [6, 6.07) is 10.5. The van der Waals surface area contributed by atoms with Crippen molar-refractivity contribution in [3.63, 3.8) is 0 Å². The van der Waals surface area contributed by atoms with E-state index in [1.54, 1.807) is 19.2 Å². The van der Waals surface area contributed by atoms with Gasteiger partial charge in [-0.1, -0.05) is 18.2 Å². The first kappa shape index (κ1) is 15.3. The van der Waals surface area contributed by atoms with Crippen LogP contribution >= 0.6 is 0 Å². The van der Waals surface area contributed by atoms with E-state index in [4.69, 9.17) is 4.74 Å². The minimum absolute atomic E-state index is 0.00928. The SMILES string of the molecule is CNCc1cccc(COc2ccccc2C(F)(F)F)n1. The fourth-order valence-corrected chi connectivity index (χ4v) is 1.87. The second-order valence-electron chi connectivity index (χ2n) is 4.43. The van der Waals surface area contributed by atoms with E-state index in [-0.39, 0.29) is 12.4 Å². The number of para-hydroxylation sites is 1. The van der Waals surface area contributed by atoms with Gasteiger partial charge in [-0.2, -0.15) is 13.2 Å². The van der Waals surface area contributed by atoms with Crippen molar-refractivity contribution in [2.45, 2.75) is 19.3 Å². The van der Waals surface area contributed by atoms with Crippen LogP contribution in [0.2, 0.25) is 0 Å². The summed E-state index contributed by atoms with van der Waals surface area (Å²) in [5.74, 6) is -0.189. The van der Waals surface area contributed by atoms with Crippen LogP contribution in [0.3, 0.4) is 0 Å². The zero-order valence-corrected chi connectivity index (χ0v) is 11.4. The Balaban J connectivity index is 2.12. The van der Waals surface area contributed by atoms with Gasteiger partial charge in [0, 0.05) is 6.54 Å². The van der Waals surface area contributed by atoms with E-state index < -0.39 is 11.7 Å². The summed E-state index contributed by atoms with van der Waals surface area (Å²) in [6.45, 7) is 0.581. The quantitative estimate of drug-likeness (QED) is 0.918. The standard InChI is InChI=1S/C15H15F3N2O/c1-19-9-11-5-4-6-12(20-11)10-21-14-8-3-2-7-13(14)15(16,17)18/h2-8,19H,9-10H2,1H3. The van der Waals surface area contributed by atoms with Gasteiger partial charge in [0.1, 0.15) is 12.4 Å². The molecule has 3 nitrogen and oxygen atoms in total. The molecule has 0 amide bonds. The van der Waals surface area contributed by atoms with Crippen LogP contribution in [0.25, 0.3) is 0 Å². The van der Waals surface area contributed by atoms with E-state index in [9.17, 15) is 13.2 Å². The topological polar surface area (TPSA) is 34.1 Å². The number of hydrogen-bond donors (Lipinski definition) is 1. The first-order valence-corrected chi connectivity index (χ1v) is 6.39. The molecule has 1 heterocycles. The van der Waals surface area contributed by atoms with E-state index in [1.165, 1.54) is 18.2 Å².